The summed E-state index contributed by atoms with van der Waals surface area (Å²) >= 11 is 0. The molecule has 2 rings (SSSR count). The number of amides is 2. The zero-order chi connectivity index (χ0) is 21.8. The van der Waals surface area contributed by atoms with Crippen molar-refractivity contribution in [3.05, 3.63) is 29.8 Å². The molecule has 1 aromatic rings. The van der Waals surface area contributed by atoms with Gasteiger partial charge in [0, 0.05) is 26.4 Å². The predicted octanol–water partition coefficient (Wildman–Crippen LogP) is 2.82. The molecule has 1 fully saturated rings. The van der Waals surface area contributed by atoms with E-state index in [1.54, 1.807) is 36.2 Å². The maximum Gasteiger partial charge on any atom is 0.408 e. The van der Waals surface area contributed by atoms with E-state index in [0.717, 1.165) is 24.1 Å². The minimum atomic E-state index is -1.11. The molecule has 1 aliphatic rings. The van der Waals surface area contributed by atoms with Crippen molar-refractivity contribution in [3.8, 4) is 0 Å². The van der Waals surface area contributed by atoms with E-state index in [0.29, 0.717) is 13.1 Å². The molecule has 7 nitrogen and oxygen atoms in total. The van der Waals surface area contributed by atoms with Crippen LogP contribution in [0.3, 0.4) is 0 Å². The van der Waals surface area contributed by atoms with Gasteiger partial charge in [-0.15, -0.1) is 0 Å². The van der Waals surface area contributed by atoms with Gasteiger partial charge in [-0.3, -0.25) is 9.10 Å². The molecular weight excluding hydrogens is 390 g/mol. The molecular formula is C21H33N3O4S. The van der Waals surface area contributed by atoms with Gasteiger partial charge in [0.05, 0.1) is 5.69 Å². The first-order chi connectivity index (χ1) is 13.4. The molecule has 1 atom stereocenters. The highest BCUT2D eigenvalue weighted by molar-refractivity contribution is 7.85. The maximum absolute atomic E-state index is 12.5. The lowest BCUT2D eigenvalue weighted by Crippen LogP contribution is -2.48. The highest BCUT2D eigenvalue weighted by Gasteiger charge is 2.35. The Labute approximate surface area is 176 Å². The second kappa shape index (κ2) is 9.15. The Hall–Kier alpha value is -2.09. The van der Waals surface area contributed by atoms with Gasteiger partial charge in [-0.2, -0.15) is 0 Å². The van der Waals surface area contributed by atoms with E-state index in [9.17, 15) is 13.8 Å². The van der Waals surface area contributed by atoms with Crippen molar-refractivity contribution in [2.45, 2.75) is 51.6 Å². The number of carbonyl (C=O) groups is 2. The van der Waals surface area contributed by atoms with Gasteiger partial charge in [-0.05, 0) is 50.7 Å². The molecule has 162 valence electrons. The Morgan fingerprint density at radius 3 is 2.38 bits per heavy atom. The number of hydrogen-bond donors (Lipinski definition) is 1. The summed E-state index contributed by atoms with van der Waals surface area (Å²) in [5.41, 5.74) is 1.40. The smallest absolute Gasteiger partial charge is 0.408 e. The van der Waals surface area contributed by atoms with Gasteiger partial charge in [-0.25, -0.2) is 9.00 Å². The minimum absolute atomic E-state index is 0.0697. The number of rotatable bonds is 5. The molecule has 1 saturated heterocycles. The molecule has 0 spiro atoms. The van der Waals surface area contributed by atoms with E-state index in [2.05, 4.69) is 18.3 Å². The Bertz CT molecular complexity index is 767. The van der Waals surface area contributed by atoms with Crippen molar-refractivity contribution in [1.29, 1.82) is 0 Å². The van der Waals surface area contributed by atoms with E-state index in [1.165, 1.54) is 0 Å². The van der Waals surface area contributed by atoms with Crippen LogP contribution in [0.25, 0.3) is 0 Å². The molecule has 0 radical (unpaired) electrons. The van der Waals surface area contributed by atoms with Crippen LogP contribution in [0.15, 0.2) is 24.3 Å². The summed E-state index contributed by atoms with van der Waals surface area (Å²) < 4.78 is 18.9. The SMILES string of the molecule is CN(c1ccccc1C1(C)CCN(C(=O)CNC(=O)OC(C)(C)C)CC1)S(C)=O. The van der Waals surface area contributed by atoms with Crippen LogP contribution in [0.2, 0.25) is 0 Å². The van der Waals surface area contributed by atoms with E-state index < -0.39 is 22.7 Å². The predicted molar refractivity (Wildman–Crippen MR) is 116 cm³/mol. The summed E-state index contributed by atoms with van der Waals surface area (Å²) in [7, 11) is 0.726. The lowest BCUT2D eigenvalue weighted by molar-refractivity contribution is -0.131. The van der Waals surface area contributed by atoms with Crippen molar-refractivity contribution in [3.63, 3.8) is 0 Å². The fraction of sp³-hybridized carbons (Fsp3) is 0.619. The quantitative estimate of drug-likeness (QED) is 0.790. The normalized spacial score (nSPS) is 17.4. The number of carbonyl (C=O) groups excluding carboxylic acids is 2. The van der Waals surface area contributed by atoms with Crippen LogP contribution >= 0.6 is 0 Å². The molecule has 2 amide bonds. The second-order valence-electron chi connectivity index (χ2n) is 8.74. The van der Waals surface area contributed by atoms with Crippen LogP contribution in [0.1, 0.15) is 46.1 Å². The Kier molecular flexibility index (Phi) is 7.32. The summed E-state index contributed by atoms with van der Waals surface area (Å²) in [6, 6.07) is 8.02. The number of alkyl carbamates (subject to hydrolysis) is 1. The number of anilines is 1. The number of hydrogen-bond acceptors (Lipinski definition) is 4. The van der Waals surface area contributed by atoms with Crippen molar-refractivity contribution in [1.82, 2.24) is 10.2 Å². The topological polar surface area (TPSA) is 78.9 Å². The molecule has 0 aromatic heterocycles. The lowest BCUT2D eigenvalue weighted by atomic mass is 9.74. The molecule has 8 heteroatoms. The number of nitrogens with one attached hydrogen (secondary N) is 1. The Balaban J connectivity index is 1.99. The summed E-state index contributed by atoms with van der Waals surface area (Å²) in [5.74, 6) is -0.113. The Morgan fingerprint density at radius 1 is 1.24 bits per heavy atom. The summed E-state index contributed by atoms with van der Waals surface area (Å²) in [5, 5.41) is 2.53. The number of likely N-dealkylation sites (tertiary alicyclic amines) is 1. The summed E-state index contributed by atoms with van der Waals surface area (Å²) in [6.07, 6.45) is 2.67. The van der Waals surface area contributed by atoms with Gasteiger partial charge in [-0.1, -0.05) is 25.1 Å². The van der Waals surface area contributed by atoms with Gasteiger partial charge in [0.2, 0.25) is 5.91 Å². The first kappa shape index (κ1) is 23.2. The van der Waals surface area contributed by atoms with Crippen LogP contribution in [0.4, 0.5) is 10.5 Å². The number of piperidine rings is 1. The average molecular weight is 424 g/mol. The summed E-state index contributed by atoms with van der Waals surface area (Å²) in [4.78, 5) is 26.0. The zero-order valence-electron chi connectivity index (χ0n) is 18.3. The highest BCUT2D eigenvalue weighted by atomic mass is 32.2. The van der Waals surface area contributed by atoms with Gasteiger partial charge >= 0.3 is 6.09 Å². The van der Waals surface area contributed by atoms with Crippen molar-refractivity contribution in [2.75, 3.05) is 37.2 Å². The zero-order valence-corrected chi connectivity index (χ0v) is 19.1. The fourth-order valence-electron chi connectivity index (χ4n) is 3.49. The molecule has 1 N–H and O–H groups in total. The average Bonchev–Trinajstić information content (AvgIpc) is 2.64. The maximum atomic E-state index is 12.5. The molecule has 1 unspecified atom stereocenters. The molecule has 1 aromatic carbocycles. The van der Waals surface area contributed by atoms with Gasteiger partial charge in [0.25, 0.3) is 0 Å². The third-order valence-electron chi connectivity index (χ3n) is 5.28. The molecule has 0 aliphatic carbocycles. The van der Waals surface area contributed by atoms with Gasteiger partial charge in [0.1, 0.15) is 23.1 Å². The van der Waals surface area contributed by atoms with E-state index in [1.807, 2.05) is 25.2 Å². The molecule has 0 saturated carbocycles. The van der Waals surface area contributed by atoms with Crippen molar-refractivity contribution >= 4 is 28.7 Å². The standard InChI is InChI=1S/C21H33N3O4S/c1-20(2,3)28-19(26)22-15-18(25)24-13-11-21(4,12-14-24)16-9-7-8-10-17(16)23(5)29(6)27/h7-10H,11-15H2,1-6H3,(H,22,26). The number of ether oxygens (including phenoxy) is 1. The number of benzene rings is 1. The number of para-hydroxylation sites is 1. The summed E-state index contributed by atoms with van der Waals surface area (Å²) in [6.45, 7) is 8.69. The van der Waals surface area contributed by atoms with Crippen LogP contribution in [-0.4, -0.2) is 59.6 Å². The fourth-order valence-corrected chi connectivity index (χ4v) is 3.93. The first-order valence-electron chi connectivity index (χ1n) is 9.84. The van der Waals surface area contributed by atoms with E-state index >= 15 is 0 Å². The van der Waals surface area contributed by atoms with Crippen molar-refractivity contribution in [2.24, 2.45) is 0 Å². The van der Waals surface area contributed by atoms with Crippen LogP contribution < -0.4 is 9.62 Å². The van der Waals surface area contributed by atoms with Crippen LogP contribution in [0.5, 0.6) is 0 Å². The molecule has 1 aliphatic heterocycles. The van der Waals surface area contributed by atoms with Crippen LogP contribution in [-0.2, 0) is 25.9 Å². The van der Waals surface area contributed by atoms with E-state index in [4.69, 9.17) is 4.74 Å². The third kappa shape index (κ3) is 6.19. The van der Waals surface area contributed by atoms with Crippen molar-refractivity contribution < 1.29 is 18.5 Å². The second-order valence-corrected chi connectivity index (χ2v) is 10.1. The van der Waals surface area contributed by atoms with Gasteiger partial charge in [0.15, 0.2) is 0 Å². The minimum Gasteiger partial charge on any atom is -0.444 e. The first-order valence-corrected chi connectivity index (χ1v) is 11.4. The Morgan fingerprint density at radius 2 is 1.83 bits per heavy atom. The lowest BCUT2D eigenvalue weighted by Gasteiger charge is -2.41. The monoisotopic (exact) mass is 423 g/mol. The largest absolute Gasteiger partial charge is 0.444 e. The van der Waals surface area contributed by atoms with Crippen LogP contribution in [0, 0.1) is 0 Å². The number of nitrogens with zero attached hydrogens (tertiary/aromatic N) is 2. The molecule has 1 heterocycles. The van der Waals surface area contributed by atoms with E-state index in [-0.39, 0.29) is 17.9 Å². The van der Waals surface area contributed by atoms with Gasteiger partial charge < -0.3 is 15.0 Å². The third-order valence-corrected chi connectivity index (χ3v) is 6.25. The highest BCUT2D eigenvalue weighted by Crippen LogP contribution is 2.40. The molecule has 0 bridgehead atoms. The molecule has 29 heavy (non-hydrogen) atoms.